The standard InChI is InChI=1S/C9H9NO.2C5H8O2.Zn/c1-2-4-8(5-3-1)9-10-6-7-11-9;2*1-4(6)3-5(2)7;/h1-5H,6-7H2;2*3,6H,1-2H3;/q;;;+2/p-2/b;2*4-3-;. The van der Waals surface area contributed by atoms with Gasteiger partial charge >= 0.3 is 19.5 Å². The van der Waals surface area contributed by atoms with Gasteiger partial charge in [0.25, 0.3) is 0 Å². The molecule has 0 aliphatic carbocycles. The van der Waals surface area contributed by atoms with E-state index in [4.69, 9.17) is 4.74 Å². The van der Waals surface area contributed by atoms with Crippen LogP contribution in [0.1, 0.15) is 33.3 Å². The fourth-order valence-electron chi connectivity index (χ4n) is 1.66. The van der Waals surface area contributed by atoms with Crippen molar-refractivity contribution in [1.29, 1.82) is 0 Å². The van der Waals surface area contributed by atoms with Gasteiger partial charge in [-0.15, -0.1) is 11.5 Å². The van der Waals surface area contributed by atoms with Crippen molar-refractivity contribution in [2.75, 3.05) is 13.2 Å². The number of carbonyl (C=O) groups is 2. The molecule has 0 saturated carbocycles. The molecule has 1 aromatic rings. The molecule has 6 nitrogen and oxygen atoms in total. The molecule has 2 rings (SSSR count). The van der Waals surface area contributed by atoms with Gasteiger partial charge in [0, 0.05) is 5.56 Å². The number of allylic oxidation sites excluding steroid dienone is 4. The third kappa shape index (κ3) is 15.3. The summed E-state index contributed by atoms with van der Waals surface area (Å²) in [5.74, 6) is 0.0330. The minimum absolute atomic E-state index is 0. The van der Waals surface area contributed by atoms with Gasteiger partial charge in [-0.1, -0.05) is 32.0 Å². The Bertz CT molecular complexity index is 615. The minimum Gasteiger partial charge on any atom is -0.876 e. The van der Waals surface area contributed by atoms with Gasteiger partial charge in [0.2, 0.25) is 5.90 Å². The molecule has 0 saturated heterocycles. The predicted octanol–water partition coefficient (Wildman–Crippen LogP) is 1.14. The van der Waals surface area contributed by atoms with Crippen molar-refractivity contribution < 1.29 is 44.0 Å². The first-order chi connectivity index (χ1) is 11.7. The fourth-order valence-corrected chi connectivity index (χ4v) is 1.66. The molecule has 0 spiro atoms. The van der Waals surface area contributed by atoms with Gasteiger partial charge in [-0.25, -0.2) is 4.99 Å². The number of ether oxygens (including phenoxy) is 1. The first-order valence-electron chi connectivity index (χ1n) is 7.66. The molecule has 0 aromatic heterocycles. The molecule has 0 fully saturated rings. The van der Waals surface area contributed by atoms with Crippen LogP contribution in [0.4, 0.5) is 0 Å². The van der Waals surface area contributed by atoms with Crippen molar-refractivity contribution in [3.63, 3.8) is 0 Å². The van der Waals surface area contributed by atoms with Crippen LogP contribution in [0.3, 0.4) is 0 Å². The Morgan fingerprint density at radius 1 is 0.962 bits per heavy atom. The van der Waals surface area contributed by atoms with Crippen molar-refractivity contribution in [2.24, 2.45) is 4.99 Å². The van der Waals surface area contributed by atoms with E-state index < -0.39 is 0 Å². The summed E-state index contributed by atoms with van der Waals surface area (Å²) in [7, 11) is 0. The molecule has 7 heteroatoms. The van der Waals surface area contributed by atoms with Gasteiger partial charge in [-0.3, -0.25) is 9.59 Å². The van der Waals surface area contributed by atoms with E-state index in [0.717, 1.165) is 36.8 Å². The van der Waals surface area contributed by atoms with Crippen LogP contribution < -0.4 is 10.2 Å². The van der Waals surface area contributed by atoms with Crippen LogP contribution in [0.5, 0.6) is 0 Å². The fraction of sp³-hybridized carbons (Fsp3) is 0.316. The van der Waals surface area contributed by atoms with Gasteiger partial charge in [0.05, 0.1) is 6.54 Å². The number of benzene rings is 1. The zero-order valence-electron chi connectivity index (χ0n) is 15.7. The molecule has 26 heavy (non-hydrogen) atoms. The van der Waals surface area contributed by atoms with Crippen LogP contribution in [-0.4, -0.2) is 30.6 Å². The predicted molar refractivity (Wildman–Crippen MR) is 92.7 cm³/mol. The largest absolute Gasteiger partial charge is 2.00 e. The molecule has 0 atom stereocenters. The molecule has 1 aliphatic rings. The molecule has 1 aliphatic heterocycles. The van der Waals surface area contributed by atoms with Gasteiger partial charge in [-0.05, 0) is 38.1 Å². The number of aliphatic imine (C=N–C) groups is 1. The Kier molecular flexibility index (Phi) is 15.0. The quantitative estimate of drug-likeness (QED) is 0.422. The summed E-state index contributed by atoms with van der Waals surface area (Å²) >= 11 is 0. The third-order valence-electron chi connectivity index (χ3n) is 2.42. The second-order valence-electron chi connectivity index (χ2n) is 5.13. The maximum absolute atomic E-state index is 9.98. The summed E-state index contributed by atoms with van der Waals surface area (Å²) in [5, 5.41) is 20.0. The van der Waals surface area contributed by atoms with E-state index in [9.17, 15) is 19.8 Å². The van der Waals surface area contributed by atoms with Gasteiger partial charge < -0.3 is 14.9 Å². The second-order valence-corrected chi connectivity index (χ2v) is 5.13. The maximum atomic E-state index is 9.98. The van der Waals surface area contributed by atoms with Crippen molar-refractivity contribution in [1.82, 2.24) is 0 Å². The molecule has 0 N–H and O–H groups in total. The molecule has 0 amide bonds. The molecule has 0 unspecified atom stereocenters. The summed E-state index contributed by atoms with van der Waals surface area (Å²) in [4.78, 5) is 24.2. The monoisotopic (exact) mass is 409 g/mol. The van der Waals surface area contributed by atoms with Gasteiger partial charge in [0.15, 0.2) is 11.6 Å². The van der Waals surface area contributed by atoms with E-state index in [-0.39, 0.29) is 42.6 Å². The molecule has 136 valence electrons. The molecular formula is C19H23NO5Zn. The van der Waals surface area contributed by atoms with E-state index >= 15 is 0 Å². The summed E-state index contributed by atoms with van der Waals surface area (Å²) in [5.41, 5.74) is 1.07. The van der Waals surface area contributed by atoms with Crippen LogP contribution >= 0.6 is 0 Å². The van der Waals surface area contributed by atoms with E-state index in [1.165, 1.54) is 27.7 Å². The Balaban J connectivity index is 0. The van der Waals surface area contributed by atoms with E-state index in [2.05, 4.69) is 4.99 Å². The molecule has 1 heterocycles. The Labute approximate surface area is 167 Å². The second kappa shape index (κ2) is 15.0. The van der Waals surface area contributed by atoms with Crippen LogP contribution in [-0.2, 0) is 33.8 Å². The van der Waals surface area contributed by atoms with Crippen molar-refractivity contribution in [3.05, 3.63) is 59.6 Å². The Hall–Kier alpha value is -2.27. The summed E-state index contributed by atoms with van der Waals surface area (Å²) in [6.45, 7) is 6.92. The maximum Gasteiger partial charge on any atom is 2.00 e. The van der Waals surface area contributed by atoms with E-state index in [1.54, 1.807) is 0 Å². The molecule has 0 bridgehead atoms. The topological polar surface area (TPSA) is 102 Å². The Morgan fingerprint density at radius 2 is 1.42 bits per heavy atom. The number of rotatable bonds is 3. The van der Waals surface area contributed by atoms with Crippen LogP contribution in [0.2, 0.25) is 0 Å². The first kappa shape index (κ1) is 26.0. The number of ketones is 2. The molecule has 0 radical (unpaired) electrons. The van der Waals surface area contributed by atoms with Crippen molar-refractivity contribution >= 4 is 17.5 Å². The van der Waals surface area contributed by atoms with Crippen molar-refractivity contribution in [2.45, 2.75) is 27.7 Å². The zero-order chi connectivity index (χ0) is 19.2. The Morgan fingerprint density at radius 3 is 1.69 bits per heavy atom. The third-order valence-corrected chi connectivity index (χ3v) is 2.42. The smallest absolute Gasteiger partial charge is 0.876 e. The van der Waals surface area contributed by atoms with E-state index in [0.29, 0.717) is 0 Å². The average Bonchev–Trinajstić information content (AvgIpc) is 3.00. The van der Waals surface area contributed by atoms with Gasteiger partial charge in [0.1, 0.15) is 6.61 Å². The number of nitrogens with zero attached hydrogens (tertiary/aromatic N) is 1. The minimum atomic E-state index is -0.187. The SMILES string of the molecule is CC(=O)/C=C(/C)[O-].CC(=O)/C=C(/C)[O-].[Zn+2].c1ccc(C2=NCCO2)cc1. The zero-order valence-corrected chi connectivity index (χ0v) is 18.6. The average molecular weight is 411 g/mol. The summed E-state index contributed by atoms with van der Waals surface area (Å²) in [6, 6.07) is 9.96. The van der Waals surface area contributed by atoms with Gasteiger partial charge in [-0.2, -0.15) is 0 Å². The van der Waals surface area contributed by atoms with Crippen LogP contribution in [0.15, 0.2) is 59.0 Å². The number of hydrogen-bond acceptors (Lipinski definition) is 6. The van der Waals surface area contributed by atoms with E-state index in [1.807, 2.05) is 30.3 Å². The first-order valence-corrected chi connectivity index (χ1v) is 7.66. The molecule has 1 aromatic carbocycles. The summed E-state index contributed by atoms with van der Waals surface area (Å²) < 4.78 is 5.29. The van der Waals surface area contributed by atoms with Crippen LogP contribution in [0.25, 0.3) is 0 Å². The summed E-state index contributed by atoms with van der Waals surface area (Å²) in [6.07, 6.45) is 2.11. The number of carbonyl (C=O) groups excluding carboxylic acids is 2. The normalized spacial score (nSPS) is 12.8. The van der Waals surface area contributed by atoms with Crippen LogP contribution in [0, 0.1) is 0 Å². The number of hydrogen-bond donors (Lipinski definition) is 0. The molecular weight excluding hydrogens is 388 g/mol. The van der Waals surface area contributed by atoms with Crippen molar-refractivity contribution in [3.8, 4) is 0 Å².